The van der Waals surface area contributed by atoms with Gasteiger partial charge >= 0.3 is 0 Å². The number of hydrogen-bond donors (Lipinski definition) is 2. The van der Waals surface area contributed by atoms with E-state index in [2.05, 4.69) is 15.6 Å². The van der Waals surface area contributed by atoms with Gasteiger partial charge in [0.2, 0.25) is 0 Å². The Bertz CT molecular complexity index is 482. The van der Waals surface area contributed by atoms with Gasteiger partial charge in [-0.25, -0.2) is 0 Å². The van der Waals surface area contributed by atoms with Gasteiger partial charge in [-0.15, -0.1) is 0 Å². The van der Waals surface area contributed by atoms with Crippen LogP contribution in [-0.4, -0.2) is 29.0 Å². The Labute approximate surface area is 114 Å². The Morgan fingerprint density at radius 2 is 2.32 bits per heavy atom. The van der Waals surface area contributed by atoms with Crippen LogP contribution in [0.4, 0.5) is 0 Å². The maximum absolute atomic E-state index is 12.2. The smallest absolute Gasteiger partial charge is 0.253 e. The zero-order chi connectivity index (χ0) is 13.3. The molecule has 3 rings (SSSR count). The van der Waals surface area contributed by atoms with Gasteiger partial charge in [0.05, 0.1) is 5.56 Å². The molecule has 1 saturated carbocycles. The molecular weight excluding hydrogens is 238 g/mol. The predicted molar refractivity (Wildman–Crippen MR) is 74.0 cm³/mol. The first kappa shape index (κ1) is 12.6. The first-order valence-corrected chi connectivity index (χ1v) is 7.14. The minimum atomic E-state index is 0.0116. The molecule has 0 aromatic carbocycles. The molecule has 102 valence electrons. The molecule has 0 bridgehead atoms. The number of nitrogens with one attached hydrogen (secondary N) is 2. The molecule has 1 aliphatic carbocycles. The van der Waals surface area contributed by atoms with E-state index in [0.717, 1.165) is 24.9 Å². The molecule has 2 heterocycles. The number of pyridine rings is 1. The maximum atomic E-state index is 12.2. The van der Waals surface area contributed by atoms with Crippen molar-refractivity contribution in [1.29, 1.82) is 0 Å². The predicted octanol–water partition coefficient (Wildman–Crippen LogP) is 1.79. The van der Waals surface area contributed by atoms with E-state index < -0.39 is 0 Å². The van der Waals surface area contributed by atoms with Crippen LogP contribution in [0.5, 0.6) is 0 Å². The quantitative estimate of drug-likeness (QED) is 0.851. The Balaban J connectivity index is 1.63. The fraction of sp³-hybridized carbons (Fsp3) is 0.600. The highest BCUT2D eigenvalue weighted by atomic mass is 16.1. The summed E-state index contributed by atoms with van der Waals surface area (Å²) in [5.74, 6) is 0.0116. The third-order valence-corrected chi connectivity index (χ3v) is 4.41. The summed E-state index contributed by atoms with van der Waals surface area (Å²) >= 11 is 0. The molecule has 1 atom stereocenters. The van der Waals surface area contributed by atoms with E-state index in [-0.39, 0.29) is 5.91 Å². The lowest BCUT2D eigenvalue weighted by Gasteiger charge is -2.48. The van der Waals surface area contributed by atoms with E-state index in [1.807, 2.05) is 13.0 Å². The lowest BCUT2D eigenvalue weighted by Crippen LogP contribution is -2.59. The minimum absolute atomic E-state index is 0.0116. The minimum Gasteiger partial charge on any atom is -0.349 e. The second-order valence-electron chi connectivity index (χ2n) is 5.97. The zero-order valence-electron chi connectivity index (χ0n) is 11.4. The molecule has 2 aliphatic rings. The monoisotopic (exact) mass is 259 g/mol. The van der Waals surface area contributed by atoms with Crippen molar-refractivity contribution in [3.05, 3.63) is 29.6 Å². The Hall–Kier alpha value is -1.42. The topological polar surface area (TPSA) is 54.0 Å². The van der Waals surface area contributed by atoms with E-state index in [1.165, 1.54) is 19.3 Å². The van der Waals surface area contributed by atoms with Crippen molar-refractivity contribution in [3.8, 4) is 0 Å². The number of amides is 1. The molecule has 1 unspecified atom stereocenters. The van der Waals surface area contributed by atoms with Crippen molar-refractivity contribution in [3.63, 3.8) is 0 Å². The van der Waals surface area contributed by atoms with Crippen LogP contribution in [0.3, 0.4) is 0 Å². The number of aryl methyl sites for hydroxylation is 1. The van der Waals surface area contributed by atoms with Gasteiger partial charge in [0.25, 0.3) is 5.91 Å². The SMILES string of the molecule is Cc1cncc(C(=O)NC2CCNC3(CCC3)C2)c1. The van der Waals surface area contributed by atoms with Crippen molar-refractivity contribution in [2.75, 3.05) is 6.54 Å². The maximum Gasteiger partial charge on any atom is 0.253 e. The number of nitrogens with zero attached hydrogens (tertiary/aromatic N) is 1. The number of carbonyl (C=O) groups excluding carboxylic acids is 1. The van der Waals surface area contributed by atoms with Crippen LogP contribution >= 0.6 is 0 Å². The van der Waals surface area contributed by atoms with Crippen LogP contribution in [-0.2, 0) is 0 Å². The van der Waals surface area contributed by atoms with Gasteiger partial charge in [-0.05, 0) is 57.2 Å². The van der Waals surface area contributed by atoms with Gasteiger partial charge < -0.3 is 10.6 Å². The molecule has 1 spiro atoms. The normalized spacial score (nSPS) is 24.8. The van der Waals surface area contributed by atoms with Crippen molar-refractivity contribution in [2.24, 2.45) is 0 Å². The van der Waals surface area contributed by atoms with Gasteiger partial charge in [0.1, 0.15) is 0 Å². The summed E-state index contributed by atoms with van der Waals surface area (Å²) in [6.45, 7) is 2.97. The van der Waals surface area contributed by atoms with Crippen LogP contribution in [0.15, 0.2) is 18.5 Å². The van der Waals surface area contributed by atoms with Crippen LogP contribution in [0, 0.1) is 6.92 Å². The fourth-order valence-electron chi connectivity index (χ4n) is 3.21. The summed E-state index contributed by atoms with van der Waals surface area (Å²) in [4.78, 5) is 16.3. The van der Waals surface area contributed by atoms with Crippen molar-refractivity contribution >= 4 is 5.91 Å². The summed E-state index contributed by atoms with van der Waals surface area (Å²) in [7, 11) is 0. The standard InChI is InChI=1S/C15H21N3O/c1-11-7-12(10-16-9-11)14(19)18-13-3-6-17-15(8-13)4-2-5-15/h7,9-10,13,17H,2-6,8H2,1H3,(H,18,19). The highest BCUT2D eigenvalue weighted by Crippen LogP contribution is 2.38. The number of rotatable bonds is 2. The van der Waals surface area contributed by atoms with Crippen LogP contribution in [0.2, 0.25) is 0 Å². The van der Waals surface area contributed by atoms with Gasteiger partial charge in [-0.2, -0.15) is 0 Å². The molecule has 4 heteroatoms. The van der Waals surface area contributed by atoms with Crippen molar-refractivity contribution < 1.29 is 4.79 Å². The van der Waals surface area contributed by atoms with Crippen LogP contribution < -0.4 is 10.6 Å². The summed E-state index contributed by atoms with van der Waals surface area (Å²) < 4.78 is 0. The van der Waals surface area contributed by atoms with Gasteiger partial charge in [0, 0.05) is 24.0 Å². The van der Waals surface area contributed by atoms with Gasteiger partial charge in [-0.1, -0.05) is 0 Å². The highest BCUT2D eigenvalue weighted by Gasteiger charge is 2.41. The molecule has 19 heavy (non-hydrogen) atoms. The van der Waals surface area contributed by atoms with E-state index >= 15 is 0 Å². The van der Waals surface area contributed by atoms with Crippen LogP contribution in [0.25, 0.3) is 0 Å². The lowest BCUT2D eigenvalue weighted by atomic mass is 9.70. The van der Waals surface area contributed by atoms with Gasteiger partial charge in [-0.3, -0.25) is 9.78 Å². The largest absolute Gasteiger partial charge is 0.349 e. The Morgan fingerprint density at radius 1 is 1.47 bits per heavy atom. The third kappa shape index (κ3) is 2.63. The molecule has 1 aromatic heterocycles. The molecule has 2 fully saturated rings. The number of carbonyl (C=O) groups is 1. The second-order valence-corrected chi connectivity index (χ2v) is 5.97. The number of hydrogen-bond acceptors (Lipinski definition) is 3. The summed E-state index contributed by atoms with van der Waals surface area (Å²) in [6.07, 6.45) is 9.32. The second kappa shape index (κ2) is 4.93. The molecule has 1 aliphatic heterocycles. The average Bonchev–Trinajstić information content (AvgIpc) is 2.37. The summed E-state index contributed by atoms with van der Waals surface area (Å²) in [5.41, 5.74) is 2.01. The van der Waals surface area contributed by atoms with E-state index in [1.54, 1.807) is 12.4 Å². The Kier molecular flexibility index (Phi) is 3.27. The zero-order valence-corrected chi connectivity index (χ0v) is 11.4. The summed E-state index contributed by atoms with van der Waals surface area (Å²) in [5, 5.41) is 6.79. The molecule has 1 saturated heterocycles. The molecule has 4 nitrogen and oxygen atoms in total. The molecule has 1 aromatic rings. The molecule has 0 radical (unpaired) electrons. The first-order chi connectivity index (χ1) is 9.17. The van der Waals surface area contributed by atoms with Crippen molar-refractivity contribution in [1.82, 2.24) is 15.6 Å². The van der Waals surface area contributed by atoms with E-state index in [4.69, 9.17) is 0 Å². The fourth-order valence-corrected chi connectivity index (χ4v) is 3.21. The summed E-state index contributed by atoms with van der Waals surface area (Å²) in [6, 6.07) is 2.19. The van der Waals surface area contributed by atoms with Crippen molar-refractivity contribution in [2.45, 2.75) is 50.6 Å². The first-order valence-electron chi connectivity index (χ1n) is 7.14. The Morgan fingerprint density at radius 3 is 3.00 bits per heavy atom. The lowest BCUT2D eigenvalue weighted by molar-refractivity contribution is 0.0852. The number of piperidine rings is 1. The van der Waals surface area contributed by atoms with E-state index in [0.29, 0.717) is 17.1 Å². The van der Waals surface area contributed by atoms with Gasteiger partial charge in [0.15, 0.2) is 0 Å². The highest BCUT2D eigenvalue weighted by molar-refractivity contribution is 5.94. The molecular formula is C15H21N3O. The molecule has 2 N–H and O–H groups in total. The average molecular weight is 259 g/mol. The van der Waals surface area contributed by atoms with Crippen LogP contribution in [0.1, 0.15) is 48.0 Å². The third-order valence-electron chi connectivity index (χ3n) is 4.41. The molecule has 1 amide bonds. The number of aromatic nitrogens is 1. The van der Waals surface area contributed by atoms with E-state index in [9.17, 15) is 4.79 Å².